The summed E-state index contributed by atoms with van der Waals surface area (Å²) in [6.07, 6.45) is 10.6. The smallest absolute Gasteiger partial charge is 0.131 e. The summed E-state index contributed by atoms with van der Waals surface area (Å²) in [5.41, 5.74) is 0. The molecule has 1 heterocycles. The van der Waals surface area contributed by atoms with Crippen molar-refractivity contribution in [2.45, 2.75) is 84.7 Å². The van der Waals surface area contributed by atoms with Crippen LogP contribution in [0.1, 0.15) is 75.7 Å². The van der Waals surface area contributed by atoms with E-state index in [1.165, 1.54) is 50.0 Å². The van der Waals surface area contributed by atoms with Crippen molar-refractivity contribution in [3.63, 3.8) is 0 Å². The third-order valence-corrected chi connectivity index (χ3v) is 4.15. The molecule has 1 aromatic heterocycles. The van der Waals surface area contributed by atoms with Crippen LogP contribution in [0.4, 0.5) is 0 Å². The van der Waals surface area contributed by atoms with Crippen molar-refractivity contribution in [3.8, 4) is 0 Å². The summed E-state index contributed by atoms with van der Waals surface area (Å²) < 4.78 is 0. The molecule has 0 aliphatic heterocycles. The molecule has 0 unspecified atom stereocenters. The Balaban J connectivity index is 2.06. The Morgan fingerprint density at radius 2 is 1.58 bits per heavy atom. The lowest BCUT2D eigenvalue weighted by atomic mass is 10.1. The third-order valence-electron chi connectivity index (χ3n) is 3.16. The van der Waals surface area contributed by atoms with Gasteiger partial charge in [0.15, 0.2) is 0 Å². The normalized spacial score (nSPS) is 11.4. The van der Waals surface area contributed by atoms with Crippen LogP contribution in [-0.2, 0) is 13.0 Å². The fourth-order valence-corrected chi connectivity index (χ4v) is 2.82. The van der Waals surface area contributed by atoms with Gasteiger partial charge in [0.25, 0.3) is 0 Å². The maximum absolute atomic E-state index is 4.27. The highest BCUT2D eigenvalue weighted by Crippen LogP contribution is 2.14. The molecule has 0 atom stereocenters. The Bertz CT molecular complexity index is 323. The van der Waals surface area contributed by atoms with Crippen LogP contribution in [0.2, 0.25) is 0 Å². The highest BCUT2D eigenvalue weighted by Gasteiger charge is 2.04. The van der Waals surface area contributed by atoms with E-state index in [4.69, 9.17) is 0 Å². The summed E-state index contributed by atoms with van der Waals surface area (Å²) in [5.74, 6) is 0. The second kappa shape index (κ2) is 10.3. The standard InChI is InChI=1S/C15H29N3S/c1-4-5-6-7-8-9-10-11-14-17-18-15(19-14)12-16-13(2)3/h13,16H,4-12H2,1-3H3. The van der Waals surface area contributed by atoms with Crippen LogP contribution < -0.4 is 5.32 Å². The lowest BCUT2D eigenvalue weighted by Crippen LogP contribution is -2.21. The van der Waals surface area contributed by atoms with E-state index in [1.54, 1.807) is 11.3 Å². The quantitative estimate of drug-likeness (QED) is 0.614. The predicted molar refractivity (Wildman–Crippen MR) is 83.6 cm³/mol. The fourth-order valence-electron chi connectivity index (χ4n) is 1.99. The van der Waals surface area contributed by atoms with E-state index in [0.29, 0.717) is 6.04 Å². The van der Waals surface area contributed by atoms with Gasteiger partial charge in [0.05, 0.1) is 0 Å². The molecule has 0 amide bonds. The van der Waals surface area contributed by atoms with Gasteiger partial charge in [0.2, 0.25) is 0 Å². The highest BCUT2D eigenvalue weighted by molar-refractivity contribution is 7.11. The molecular formula is C15H29N3S. The lowest BCUT2D eigenvalue weighted by Gasteiger charge is -2.03. The van der Waals surface area contributed by atoms with E-state index >= 15 is 0 Å². The van der Waals surface area contributed by atoms with Crippen molar-refractivity contribution in [1.82, 2.24) is 15.5 Å². The predicted octanol–water partition coefficient (Wildman–Crippen LogP) is 4.33. The number of hydrogen-bond donors (Lipinski definition) is 1. The van der Waals surface area contributed by atoms with Crippen LogP contribution in [0, 0.1) is 0 Å². The van der Waals surface area contributed by atoms with Gasteiger partial charge in [-0.05, 0) is 6.42 Å². The maximum Gasteiger partial charge on any atom is 0.131 e. The van der Waals surface area contributed by atoms with Crippen LogP contribution in [0.25, 0.3) is 0 Å². The van der Waals surface area contributed by atoms with E-state index in [9.17, 15) is 0 Å². The van der Waals surface area contributed by atoms with E-state index in [2.05, 4.69) is 36.3 Å². The molecule has 0 aliphatic rings. The fraction of sp³-hybridized carbons (Fsp3) is 0.867. The monoisotopic (exact) mass is 283 g/mol. The number of nitrogens with zero attached hydrogens (tertiary/aromatic N) is 2. The SMILES string of the molecule is CCCCCCCCCc1nnc(CNC(C)C)s1. The Kier molecular flexibility index (Phi) is 9.01. The molecule has 1 rings (SSSR count). The van der Waals surface area contributed by atoms with E-state index in [1.807, 2.05) is 0 Å². The summed E-state index contributed by atoms with van der Waals surface area (Å²) in [5, 5.41) is 14.2. The van der Waals surface area contributed by atoms with Crippen LogP contribution >= 0.6 is 11.3 Å². The molecular weight excluding hydrogens is 254 g/mol. The molecule has 1 N–H and O–H groups in total. The molecule has 3 nitrogen and oxygen atoms in total. The van der Waals surface area contributed by atoms with Gasteiger partial charge in [-0.15, -0.1) is 21.5 Å². The molecule has 0 radical (unpaired) electrons. The minimum atomic E-state index is 0.510. The Labute approximate surface area is 122 Å². The number of aryl methyl sites for hydroxylation is 1. The molecule has 0 aliphatic carbocycles. The first kappa shape index (κ1) is 16.6. The van der Waals surface area contributed by atoms with Crippen molar-refractivity contribution in [1.29, 1.82) is 0 Å². The first-order valence-corrected chi connectivity index (χ1v) is 8.58. The zero-order chi connectivity index (χ0) is 13.9. The third kappa shape index (κ3) is 8.32. The van der Waals surface area contributed by atoms with E-state index in [0.717, 1.165) is 18.0 Å². The second-order valence-electron chi connectivity index (χ2n) is 5.50. The Morgan fingerprint density at radius 1 is 0.947 bits per heavy atom. The summed E-state index contributed by atoms with van der Waals surface area (Å²) in [7, 11) is 0. The topological polar surface area (TPSA) is 37.8 Å². The molecule has 0 aromatic carbocycles. The number of aromatic nitrogens is 2. The maximum atomic E-state index is 4.27. The van der Waals surface area contributed by atoms with Gasteiger partial charge in [0, 0.05) is 19.0 Å². The van der Waals surface area contributed by atoms with E-state index in [-0.39, 0.29) is 0 Å². The van der Waals surface area contributed by atoms with Gasteiger partial charge in [0.1, 0.15) is 10.0 Å². The van der Waals surface area contributed by atoms with Gasteiger partial charge in [-0.3, -0.25) is 0 Å². The van der Waals surface area contributed by atoms with Crippen molar-refractivity contribution in [2.75, 3.05) is 0 Å². The van der Waals surface area contributed by atoms with E-state index < -0.39 is 0 Å². The zero-order valence-electron chi connectivity index (χ0n) is 12.7. The number of rotatable bonds is 11. The van der Waals surface area contributed by atoms with Crippen molar-refractivity contribution >= 4 is 11.3 Å². The largest absolute Gasteiger partial charge is 0.308 e. The number of unbranched alkanes of at least 4 members (excludes halogenated alkanes) is 6. The van der Waals surface area contributed by atoms with Crippen LogP contribution in [-0.4, -0.2) is 16.2 Å². The molecule has 0 saturated carbocycles. The van der Waals surface area contributed by atoms with Crippen molar-refractivity contribution in [3.05, 3.63) is 10.0 Å². The molecule has 19 heavy (non-hydrogen) atoms. The van der Waals surface area contributed by atoms with Gasteiger partial charge < -0.3 is 5.32 Å². The van der Waals surface area contributed by atoms with Crippen molar-refractivity contribution < 1.29 is 0 Å². The molecule has 1 aromatic rings. The summed E-state index contributed by atoms with van der Waals surface area (Å²) >= 11 is 1.76. The van der Waals surface area contributed by atoms with Gasteiger partial charge >= 0.3 is 0 Å². The summed E-state index contributed by atoms with van der Waals surface area (Å²) in [4.78, 5) is 0. The molecule has 0 fully saturated rings. The number of nitrogens with one attached hydrogen (secondary N) is 1. The van der Waals surface area contributed by atoms with Gasteiger partial charge in [-0.1, -0.05) is 59.3 Å². The number of hydrogen-bond acceptors (Lipinski definition) is 4. The minimum Gasteiger partial charge on any atom is -0.308 e. The van der Waals surface area contributed by atoms with Gasteiger partial charge in [-0.2, -0.15) is 0 Å². The van der Waals surface area contributed by atoms with Crippen LogP contribution in [0.3, 0.4) is 0 Å². The molecule has 0 saturated heterocycles. The second-order valence-corrected chi connectivity index (χ2v) is 6.64. The van der Waals surface area contributed by atoms with Gasteiger partial charge in [-0.25, -0.2) is 0 Å². The highest BCUT2D eigenvalue weighted by atomic mass is 32.1. The van der Waals surface area contributed by atoms with Crippen LogP contribution in [0.15, 0.2) is 0 Å². The summed E-state index contributed by atoms with van der Waals surface area (Å²) in [6, 6.07) is 0.510. The first-order valence-electron chi connectivity index (χ1n) is 7.77. The average Bonchev–Trinajstić information content (AvgIpc) is 2.83. The van der Waals surface area contributed by atoms with Crippen LogP contribution in [0.5, 0.6) is 0 Å². The zero-order valence-corrected chi connectivity index (χ0v) is 13.6. The summed E-state index contributed by atoms with van der Waals surface area (Å²) in [6.45, 7) is 7.43. The Hall–Kier alpha value is -0.480. The average molecular weight is 283 g/mol. The Morgan fingerprint density at radius 3 is 2.26 bits per heavy atom. The molecule has 110 valence electrons. The molecule has 0 spiro atoms. The first-order chi connectivity index (χ1) is 9.22. The minimum absolute atomic E-state index is 0.510. The van der Waals surface area contributed by atoms with Crippen molar-refractivity contribution in [2.24, 2.45) is 0 Å². The molecule has 4 heteroatoms. The lowest BCUT2D eigenvalue weighted by molar-refractivity contribution is 0.583. The molecule has 0 bridgehead atoms.